The molecule has 37 heavy (non-hydrogen) atoms. The molecule has 0 radical (unpaired) electrons. The Kier molecular flexibility index (Phi) is 6.29. The van der Waals surface area contributed by atoms with Crippen molar-refractivity contribution in [3.05, 3.63) is 0 Å². The van der Waals surface area contributed by atoms with Gasteiger partial charge in [-0.2, -0.15) is 0 Å². The van der Waals surface area contributed by atoms with Crippen molar-refractivity contribution in [2.75, 3.05) is 26.2 Å². The van der Waals surface area contributed by atoms with Crippen LogP contribution in [0.25, 0.3) is 0 Å². The molecule has 7 heteroatoms. The summed E-state index contributed by atoms with van der Waals surface area (Å²) in [6.45, 7) is 8.03. The molecule has 8 aliphatic carbocycles. The van der Waals surface area contributed by atoms with Crippen LogP contribution in [-0.2, 0) is 14.2 Å². The third-order valence-corrected chi connectivity index (χ3v) is 17.9. The van der Waals surface area contributed by atoms with Gasteiger partial charge in [-0.05, 0) is 128 Å². The van der Waals surface area contributed by atoms with Crippen molar-refractivity contribution in [3.8, 4) is 0 Å². The summed E-state index contributed by atoms with van der Waals surface area (Å²) >= 11 is 7.71. The van der Waals surface area contributed by atoms with Gasteiger partial charge in [0.2, 0.25) is 11.8 Å². The van der Waals surface area contributed by atoms with Gasteiger partial charge in [0, 0.05) is 36.5 Å². The van der Waals surface area contributed by atoms with Crippen LogP contribution in [0.3, 0.4) is 0 Å². The number of carbonyl (C=O) groups excluding carboxylic acids is 2. The van der Waals surface area contributed by atoms with Crippen molar-refractivity contribution >= 4 is 29.5 Å². The number of hydrogen-bond acceptors (Lipinski definition) is 3. The van der Waals surface area contributed by atoms with Crippen molar-refractivity contribution in [2.45, 2.75) is 115 Å². The van der Waals surface area contributed by atoms with E-state index < -0.39 is 16.8 Å². The Balaban J connectivity index is 1.39. The van der Waals surface area contributed by atoms with Crippen molar-refractivity contribution in [1.82, 2.24) is 9.80 Å². The largest absolute Gasteiger partial charge is 0.343 e. The van der Waals surface area contributed by atoms with Crippen LogP contribution in [0.5, 0.6) is 0 Å². The average Bonchev–Trinajstić information content (AvgIpc) is 2.83. The average molecular weight is 551 g/mol. The van der Waals surface area contributed by atoms with Gasteiger partial charge in [-0.15, -0.1) is 0 Å². The smallest absolute Gasteiger partial charge is 0.228 e. The molecule has 8 rings (SSSR count). The molecule has 4 atom stereocenters. The number of hydrogen-bond donors (Lipinski definition) is 0. The highest BCUT2D eigenvalue weighted by Crippen LogP contribution is 2.87. The lowest BCUT2D eigenvalue weighted by atomic mass is 9.48. The van der Waals surface area contributed by atoms with Crippen molar-refractivity contribution in [2.24, 2.45) is 34.5 Å². The van der Waals surface area contributed by atoms with Crippen molar-refractivity contribution in [1.29, 1.82) is 0 Å². The van der Waals surface area contributed by atoms with E-state index in [9.17, 15) is 9.59 Å². The molecule has 8 saturated carbocycles. The molecular formula is C30H48ClN2O3P. The number of amides is 2. The van der Waals surface area contributed by atoms with Gasteiger partial charge in [0.05, 0.1) is 10.8 Å². The Bertz CT molecular complexity index is 916. The van der Waals surface area contributed by atoms with Gasteiger partial charge in [0.1, 0.15) is 0 Å². The van der Waals surface area contributed by atoms with E-state index in [1.54, 1.807) is 0 Å². The topological polar surface area (TPSA) is 57.7 Å². The van der Waals surface area contributed by atoms with Gasteiger partial charge in [-0.1, -0.05) is 11.2 Å². The Morgan fingerprint density at radius 1 is 0.649 bits per heavy atom. The fourth-order valence-corrected chi connectivity index (χ4v) is 17.0. The molecule has 0 saturated heterocycles. The molecule has 0 aromatic rings. The van der Waals surface area contributed by atoms with Gasteiger partial charge in [-0.25, -0.2) is 0 Å². The summed E-state index contributed by atoms with van der Waals surface area (Å²) in [6.07, 6.45) is 11.4. The maximum Gasteiger partial charge on any atom is 0.228 e. The normalized spacial score (nSPS) is 46.6. The molecule has 5 nitrogen and oxygen atoms in total. The van der Waals surface area contributed by atoms with Gasteiger partial charge < -0.3 is 14.4 Å². The van der Waals surface area contributed by atoms with Gasteiger partial charge in [-0.3, -0.25) is 9.59 Å². The summed E-state index contributed by atoms with van der Waals surface area (Å²) in [4.78, 5) is 32.0. The second-order valence-corrected chi connectivity index (χ2v) is 18.8. The van der Waals surface area contributed by atoms with E-state index in [2.05, 4.69) is 27.7 Å². The Morgan fingerprint density at radius 2 is 0.946 bits per heavy atom. The molecule has 208 valence electrons. The van der Waals surface area contributed by atoms with Crippen LogP contribution in [0.15, 0.2) is 0 Å². The first-order valence-electron chi connectivity index (χ1n) is 15.4. The van der Waals surface area contributed by atoms with E-state index in [1.165, 1.54) is 12.8 Å². The molecule has 4 unspecified atom stereocenters. The first kappa shape index (κ1) is 26.7. The molecule has 0 spiro atoms. The third kappa shape index (κ3) is 3.57. The van der Waals surface area contributed by atoms with Crippen LogP contribution in [0.4, 0.5) is 0 Å². The number of nitrogens with zero attached hydrogens (tertiary/aromatic N) is 2. The lowest BCUT2D eigenvalue weighted by molar-refractivity contribution is -0.157. The summed E-state index contributed by atoms with van der Waals surface area (Å²) in [5.41, 5.74) is -0.755. The SMILES string of the molecule is CCN(CC)C(=O)C12CC3CC(C1)CC(P(=O)(Cl)C14CC5CC(CC(C(=O)N(CC)CC)(C5)C1)C4)(C3)C2. The fourth-order valence-electron chi connectivity index (χ4n) is 11.8. The Hall–Kier alpha value is -0.540. The molecule has 2 amide bonds. The maximum absolute atomic E-state index is 15.6. The summed E-state index contributed by atoms with van der Waals surface area (Å²) in [6, 6.07) is 0. The minimum absolute atomic E-state index is 0.298. The summed E-state index contributed by atoms with van der Waals surface area (Å²) < 4.78 is 15.6. The second kappa shape index (κ2) is 8.73. The fraction of sp³-hybridized carbons (Fsp3) is 0.933. The zero-order valence-corrected chi connectivity index (χ0v) is 25.2. The number of carbonyl (C=O) groups is 2. The van der Waals surface area contributed by atoms with Crippen LogP contribution in [0.1, 0.15) is 105 Å². The second-order valence-electron chi connectivity index (χ2n) is 14.4. The van der Waals surface area contributed by atoms with Gasteiger partial charge in [0.25, 0.3) is 0 Å². The molecule has 8 aliphatic rings. The minimum atomic E-state index is -3.22. The first-order valence-corrected chi connectivity index (χ1v) is 18.0. The zero-order valence-electron chi connectivity index (χ0n) is 23.6. The lowest BCUT2D eigenvalue weighted by Gasteiger charge is -2.68. The predicted molar refractivity (Wildman–Crippen MR) is 149 cm³/mol. The first-order chi connectivity index (χ1) is 17.5. The molecule has 0 aromatic carbocycles. The zero-order chi connectivity index (χ0) is 26.4. The van der Waals surface area contributed by atoms with E-state index in [0.29, 0.717) is 35.5 Å². The monoisotopic (exact) mass is 550 g/mol. The summed E-state index contributed by atoms with van der Waals surface area (Å²) in [7, 11) is 0. The minimum Gasteiger partial charge on any atom is -0.343 e. The number of halogens is 1. The predicted octanol–water partition coefficient (Wildman–Crippen LogP) is 6.92. The molecule has 0 aliphatic heterocycles. The summed E-state index contributed by atoms with van der Waals surface area (Å²) in [5.74, 6) is 2.46. The van der Waals surface area contributed by atoms with E-state index in [-0.39, 0.29) is 10.8 Å². The van der Waals surface area contributed by atoms with Gasteiger partial charge >= 0.3 is 0 Å². The maximum atomic E-state index is 15.6. The highest BCUT2D eigenvalue weighted by atomic mass is 35.7. The van der Waals surface area contributed by atoms with Crippen LogP contribution in [-0.4, -0.2) is 58.1 Å². The van der Waals surface area contributed by atoms with Crippen molar-refractivity contribution in [3.63, 3.8) is 0 Å². The van der Waals surface area contributed by atoms with Crippen LogP contribution >= 0.6 is 17.7 Å². The molecule has 0 N–H and O–H groups in total. The summed E-state index contributed by atoms with van der Waals surface area (Å²) in [5, 5.41) is -0.848. The van der Waals surface area contributed by atoms with E-state index in [4.69, 9.17) is 11.2 Å². The lowest BCUT2D eigenvalue weighted by Crippen LogP contribution is -2.64. The third-order valence-electron chi connectivity index (χ3n) is 12.3. The molecule has 0 heterocycles. The quantitative estimate of drug-likeness (QED) is 0.308. The number of rotatable bonds is 8. The Morgan fingerprint density at radius 3 is 1.22 bits per heavy atom. The van der Waals surface area contributed by atoms with Crippen LogP contribution < -0.4 is 0 Å². The molecule has 8 fully saturated rings. The van der Waals surface area contributed by atoms with Gasteiger partial charge in [0.15, 0.2) is 6.49 Å². The van der Waals surface area contributed by atoms with E-state index in [0.717, 1.165) is 90.4 Å². The van der Waals surface area contributed by atoms with E-state index >= 15 is 4.57 Å². The standard InChI is InChI=1S/C30H48ClN2O3P/c1-5-32(6-2)25(34)27-11-21-9-22(12-27)16-29(15-21,19-27)37(31,36)30-17-23-10-24(18-30)14-28(13-23,20-30)26(35)33(7-3)8-4/h21-24H,5-20H2,1-4H3. The molecule has 0 aromatic heterocycles. The van der Waals surface area contributed by atoms with Crippen molar-refractivity contribution < 1.29 is 14.2 Å². The Labute approximate surface area is 229 Å². The highest BCUT2D eigenvalue weighted by Gasteiger charge is 2.74. The van der Waals surface area contributed by atoms with E-state index in [1.807, 2.05) is 9.80 Å². The van der Waals surface area contributed by atoms with Crippen LogP contribution in [0, 0.1) is 34.5 Å². The molecule has 8 bridgehead atoms. The van der Waals surface area contributed by atoms with Crippen LogP contribution in [0.2, 0.25) is 0 Å². The highest BCUT2D eigenvalue weighted by molar-refractivity contribution is 7.91. The molecular weight excluding hydrogens is 503 g/mol.